The number of rotatable bonds is 0. The Kier molecular flexibility index (Phi) is 7.03. The minimum Gasteiger partial charge on any atom is -0.465 e. The van der Waals surface area contributed by atoms with Crippen LogP contribution in [-0.2, 0) is 21.1 Å². The summed E-state index contributed by atoms with van der Waals surface area (Å²) in [4.78, 5) is 8.78. The predicted octanol–water partition coefficient (Wildman–Crippen LogP) is -0.379. The fourth-order valence-electron chi connectivity index (χ4n) is 0. The van der Waals surface area contributed by atoms with Crippen LogP contribution < -0.4 is 5.73 Å². The van der Waals surface area contributed by atoms with Crippen molar-refractivity contribution in [2.45, 2.75) is 0 Å². The molecule has 0 aromatic heterocycles. The molecule has 0 aromatic carbocycles. The number of carbonyl (C=O) groups is 1. The van der Waals surface area contributed by atoms with Crippen molar-refractivity contribution in [2.75, 3.05) is 0 Å². The maximum atomic E-state index is 8.78. The zero-order valence-electron chi connectivity index (χ0n) is 2.34. The number of hydrogen-bond donors (Lipinski definition) is 2. The van der Waals surface area contributed by atoms with Gasteiger partial charge in [-0.05, 0) is 0 Å². The molecule has 4 heteroatoms. The summed E-state index contributed by atoms with van der Waals surface area (Å²) in [5.74, 6) is 0. The molecule has 0 rings (SSSR count). The van der Waals surface area contributed by atoms with E-state index < -0.39 is 6.09 Å². The Bertz CT molecular complexity index is 32.6. The van der Waals surface area contributed by atoms with Gasteiger partial charge >= 0.3 is 6.09 Å². The van der Waals surface area contributed by atoms with E-state index in [9.17, 15) is 0 Å². The van der Waals surface area contributed by atoms with E-state index in [2.05, 4.69) is 5.73 Å². The third kappa shape index (κ3) is 8730. The third-order valence-electron chi connectivity index (χ3n) is 0. The molecule has 0 radical (unpaired) electrons. The fourth-order valence-corrected chi connectivity index (χ4v) is 0. The zero-order valence-corrected chi connectivity index (χ0v) is 5.27. The summed E-state index contributed by atoms with van der Waals surface area (Å²) in [5, 5.41) is 7.19. The zero-order chi connectivity index (χ0) is 3.58. The summed E-state index contributed by atoms with van der Waals surface area (Å²) in [6.45, 7) is 0. The van der Waals surface area contributed by atoms with Crippen molar-refractivity contribution in [3.63, 3.8) is 0 Å². The number of primary amides is 1. The van der Waals surface area contributed by atoms with Crippen LogP contribution in [0.4, 0.5) is 4.79 Å². The van der Waals surface area contributed by atoms with Crippen LogP contribution in [0.1, 0.15) is 0 Å². The Labute approximate surface area is 43.4 Å². The molecule has 0 aliphatic carbocycles. The van der Waals surface area contributed by atoms with Crippen LogP contribution in [0.5, 0.6) is 0 Å². The van der Waals surface area contributed by atoms with Gasteiger partial charge in [-0.25, -0.2) is 4.79 Å². The predicted molar refractivity (Wildman–Crippen MR) is 12.2 cm³/mol. The van der Waals surface area contributed by atoms with Crippen molar-refractivity contribution in [3.8, 4) is 0 Å². The SMILES string of the molecule is NC(=O)O.[W]. The monoisotopic (exact) mass is 245 g/mol. The van der Waals surface area contributed by atoms with Gasteiger partial charge in [0, 0.05) is 21.1 Å². The maximum Gasteiger partial charge on any atom is 0.402 e. The molecule has 0 bridgehead atoms. The Morgan fingerprint density at radius 1 is 1.80 bits per heavy atom. The van der Waals surface area contributed by atoms with Gasteiger partial charge in [-0.1, -0.05) is 0 Å². The van der Waals surface area contributed by atoms with Crippen LogP contribution in [0.3, 0.4) is 0 Å². The molecule has 0 unspecified atom stereocenters. The van der Waals surface area contributed by atoms with E-state index >= 15 is 0 Å². The van der Waals surface area contributed by atoms with Crippen molar-refractivity contribution in [3.05, 3.63) is 0 Å². The first-order valence-corrected chi connectivity index (χ1v) is 0.716. The van der Waals surface area contributed by atoms with E-state index in [4.69, 9.17) is 9.90 Å². The molecule has 30 valence electrons. The summed E-state index contributed by atoms with van der Waals surface area (Å²) in [6.07, 6.45) is -1.33. The largest absolute Gasteiger partial charge is 0.465 e. The number of carboxylic acid groups (broad SMARTS) is 1. The van der Waals surface area contributed by atoms with E-state index in [0.717, 1.165) is 0 Å². The van der Waals surface area contributed by atoms with Gasteiger partial charge in [-0.15, -0.1) is 0 Å². The van der Waals surface area contributed by atoms with E-state index in [1.165, 1.54) is 0 Å². The Hall–Kier alpha value is -0.0417. The van der Waals surface area contributed by atoms with Crippen LogP contribution in [0.2, 0.25) is 0 Å². The average molecular weight is 245 g/mol. The van der Waals surface area contributed by atoms with Gasteiger partial charge in [-0.2, -0.15) is 0 Å². The number of nitrogens with two attached hydrogens (primary N) is 1. The standard InChI is InChI=1S/CH3NO2.W/c2-1(3)4;/h2H2,(H,3,4);. The molecule has 0 aromatic rings. The molecule has 0 spiro atoms. The van der Waals surface area contributed by atoms with Crippen molar-refractivity contribution in [1.82, 2.24) is 0 Å². The molecule has 0 aliphatic rings. The van der Waals surface area contributed by atoms with E-state index in [0.29, 0.717) is 0 Å². The minimum absolute atomic E-state index is 0. The average Bonchev–Trinajstić information content (AvgIpc) is 0.811. The smallest absolute Gasteiger partial charge is 0.402 e. The summed E-state index contributed by atoms with van der Waals surface area (Å²) < 4.78 is 0. The quantitative estimate of drug-likeness (QED) is 0.611. The molecular formula is CH3NO2W. The molecule has 0 atom stereocenters. The Balaban J connectivity index is 0. The van der Waals surface area contributed by atoms with Crippen LogP contribution in [0.15, 0.2) is 0 Å². The number of hydrogen-bond acceptors (Lipinski definition) is 1. The second-order valence-corrected chi connectivity index (χ2v) is 0.338. The molecule has 0 fully saturated rings. The first-order chi connectivity index (χ1) is 1.73. The second-order valence-electron chi connectivity index (χ2n) is 0.338. The van der Waals surface area contributed by atoms with Crippen LogP contribution in [0, 0.1) is 0 Å². The molecule has 3 nitrogen and oxygen atoms in total. The normalized spacial score (nSPS) is 4.80. The molecule has 0 heterocycles. The van der Waals surface area contributed by atoms with Crippen LogP contribution in [-0.4, -0.2) is 11.2 Å². The van der Waals surface area contributed by atoms with E-state index in [-0.39, 0.29) is 21.1 Å². The summed E-state index contributed by atoms with van der Waals surface area (Å²) in [5.41, 5.74) is 4.03. The maximum absolute atomic E-state index is 8.78. The van der Waals surface area contributed by atoms with Gasteiger partial charge in [0.1, 0.15) is 0 Å². The van der Waals surface area contributed by atoms with E-state index in [1.54, 1.807) is 0 Å². The van der Waals surface area contributed by atoms with Crippen LogP contribution >= 0.6 is 0 Å². The van der Waals surface area contributed by atoms with E-state index in [1.807, 2.05) is 0 Å². The van der Waals surface area contributed by atoms with Crippen molar-refractivity contribution < 1.29 is 31.0 Å². The van der Waals surface area contributed by atoms with Crippen LogP contribution in [0.25, 0.3) is 0 Å². The molecule has 0 saturated heterocycles. The molecule has 5 heavy (non-hydrogen) atoms. The Morgan fingerprint density at radius 2 is 1.80 bits per heavy atom. The molecule has 0 aliphatic heterocycles. The van der Waals surface area contributed by atoms with Gasteiger partial charge in [0.2, 0.25) is 0 Å². The third-order valence-corrected chi connectivity index (χ3v) is 0. The number of amides is 1. The summed E-state index contributed by atoms with van der Waals surface area (Å²) >= 11 is 0. The van der Waals surface area contributed by atoms with Crippen molar-refractivity contribution in [2.24, 2.45) is 5.73 Å². The molecule has 0 saturated carbocycles. The molecular weight excluding hydrogens is 242 g/mol. The second kappa shape index (κ2) is 3.96. The van der Waals surface area contributed by atoms with Gasteiger partial charge in [0.15, 0.2) is 0 Å². The van der Waals surface area contributed by atoms with Gasteiger partial charge in [-0.3, -0.25) is 0 Å². The molecule has 3 N–H and O–H groups in total. The van der Waals surface area contributed by atoms with Gasteiger partial charge in [0.25, 0.3) is 0 Å². The van der Waals surface area contributed by atoms with Gasteiger partial charge in [0.05, 0.1) is 0 Å². The fraction of sp³-hybridized carbons (Fsp3) is 0. The van der Waals surface area contributed by atoms with Crippen molar-refractivity contribution in [1.29, 1.82) is 0 Å². The summed E-state index contributed by atoms with van der Waals surface area (Å²) in [7, 11) is 0. The Morgan fingerprint density at radius 3 is 1.80 bits per heavy atom. The minimum atomic E-state index is -1.33. The first-order valence-electron chi connectivity index (χ1n) is 0.716. The molecule has 1 amide bonds. The first kappa shape index (κ1) is 8.88. The van der Waals surface area contributed by atoms with Crippen molar-refractivity contribution >= 4 is 6.09 Å². The topological polar surface area (TPSA) is 63.3 Å². The van der Waals surface area contributed by atoms with Gasteiger partial charge < -0.3 is 10.8 Å². The summed E-state index contributed by atoms with van der Waals surface area (Å²) in [6, 6.07) is 0.